The van der Waals surface area contributed by atoms with Gasteiger partial charge in [0.2, 0.25) is 0 Å². The molecule has 3 nitrogen and oxygen atoms in total. The lowest BCUT2D eigenvalue weighted by Gasteiger charge is -2.32. The lowest BCUT2D eigenvalue weighted by atomic mass is 9.83. The summed E-state index contributed by atoms with van der Waals surface area (Å²) >= 11 is 0. The Hall–Kier alpha value is -0.0900. The first-order chi connectivity index (χ1) is 8.26. The highest BCUT2D eigenvalue weighted by atomic mass is 32.2. The minimum atomic E-state index is -2.99. The molecule has 0 aromatic carbocycles. The molecule has 0 amide bonds. The molecule has 0 spiro atoms. The first kappa shape index (κ1) is 16.0. The predicted octanol–water partition coefficient (Wildman–Crippen LogP) is 2.76. The van der Waals surface area contributed by atoms with Crippen LogP contribution in [-0.2, 0) is 9.84 Å². The van der Waals surface area contributed by atoms with Gasteiger partial charge in [-0.3, -0.25) is 0 Å². The number of hydrogen-bond donors (Lipinski definition) is 1. The number of sulfone groups is 1. The maximum atomic E-state index is 11.6. The minimum absolute atomic E-state index is 0.513. The average molecular weight is 275 g/mol. The Kier molecular flexibility index (Phi) is 5.66. The van der Waals surface area contributed by atoms with E-state index in [-0.39, 0.29) is 0 Å². The van der Waals surface area contributed by atoms with E-state index >= 15 is 0 Å². The van der Waals surface area contributed by atoms with E-state index in [4.69, 9.17) is 0 Å². The Labute approximate surface area is 113 Å². The Morgan fingerprint density at radius 1 is 1.17 bits per heavy atom. The van der Waals surface area contributed by atoms with E-state index < -0.39 is 14.6 Å². The molecule has 1 aliphatic carbocycles. The molecule has 1 saturated carbocycles. The number of rotatable bonds is 6. The molecule has 4 heteroatoms. The van der Waals surface area contributed by atoms with Crippen LogP contribution in [0.15, 0.2) is 0 Å². The van der Waals surface area contributed by atoms with Crippen LogP contribution in [0.25, 0.3) is 0 Å². The molecule has 1 aliphatic rings. The molecule has 0 bridgehead atoms. The van der Waals surface area contributed by atoms with Gasteiger partial charge < -0.3 is 5.32 Å². The second kappa shape index (κ2) is 6.38. The van der Waals surface area contributed by atoms with E-state index in [9.17, 15) is 8.42 Å². The predicted molar refractivity (Wildman–Crippen MR) is 77.6 cm³/mol. The first-order valence-electron chi connectivity index (χ1n) is 7.19. The zero-order valence-electron chi connectivity index (χ0n) is 12.3. The molecule has 0 radical (unpaired) electrons. The fourth-order valence-corrected chi connectivity index (χ4v) is 2.93. The molecule has 0 unspecified atom stereocenters. The van der Waals surface area contributed by atoms with Gasteiger partial charge in [-0.2, -0.15) is 0 Å². The maximum Gasteiger partial charge on any atom is 0.153 e. The quantitative estimate of drug-likeness (QED) is 0.811. The van der Waals surface area contributed by atoms with Crippen LogP contribution in [0.4, 0.5) is 0 Å². The highest BCUT2D eigenvalue weighted by Gasteiger charge is 2.31. The second-order valence-electron chi connectivity index (χ2n) is 6.42. The van der Waals surface area contributed by atoms with E-state index in [2.05, 4.69) is 12.2 Å². The van der Waals surface area contributed by atoms with E-state index in [0.29, 0.717) is 12.6 Å². The normalized spacial score (nSPS) is 26.2. The highest BCUT2D eigenvalue weighted by molar-refractivity contribution is 7.92. The lowest BCUT2D eigenvalue weighted by Crippen LogP contribution is -2.46. The van der Waals surface area contributed by atoms with Crippen molar-refractivity contribution in [2.45, 2.75) is 70.1 Å². The van der Waals surface area contributed by atoms with E-state index in [1.54, 1.807) is 13.8 Å². The van der Waals surface area contributed by atoms with Gasteiger partial charge in [-0.25, -0.2) is 8.42 Å². The summed E-state index contributed by atoms with van der Waals surface area (Å²) < 4.78 is 22.6. The fourth-order valence-electron chi connectivity index (χ4n) is 2.58. The molecule has 0 aliphatic heterocycles. The summed E-state index contributed by atoms with van der Waals surface area (Å²) in [5.41, 5.74) is 0. The lowest BCUT2D eigenvalue weighted by molar-refractivity contribution is 0.275. The largest absolute Gasteiger partial charge is 0.312 e. The zero-order valence-corrected chi connectivity index (χ0v) is 13.1. The Morgan fingerprint density at radius 2 is 1.72 bits per heavy atom. The van der Waals surface area contributed by atoms with Crippen molar-refractivity contribution in [1.29, 1.82) is 0 Å². The zero-order chi connectivity index (χ0) is 13.8. The van der Waals surface area contributed by atoms with Crippen molar-refractivity contribution >= 4 is 9.84 Å². The van der Waals surface area contributed by atoms with Crippen molar-refractivity contribution in [3.05, 3.63) is 0 Å². The molecule has 18 heavy (non-hydrogen) atoms. The van der Waals surface area contributed by atoms with Gasteiger partial charge in [-0.15, -0.1) is 0 Å². The summed E-state index contributed by atoms with van der Waals surface area (Å²) in [4.78, 5) is 0. The summed E-state index contributed by atoms with van der Waals surface area (Å²) in [6, 6.07) is 0.513. The molecule has 0 heterocycles. The summed E-state index contributed by atoms with van der Waals surface area (Å²) in [5, 5.41) is 3.45. The van der Waals surface area contributed by atoms with E-state index in [1.165, 1.54) is 44.8 Å². The van der Waals surface area contributed by atoms with Crippen molar-refractivity contribution in [3.8, 4) is 0 Å². The topological polar surface area (TPSA) is 46.2 Å². The molecule has 1 rings (SSSR count). The van der Waals surface area contributed by atoms with Crippen LogP contribution in [0, 0.1) is 5.92 Å². The van der Waals surface area contributed by atoms with Gasteiger partial charge >= 0.3 is 0 Å². The number of hydrogen-bond acceptors (Lipinski definition) is 3. The third-order valence-corrected chi connectivity index (χ3v) is 6.52. The van der Waals surface area contributed by atoms with Crippen LogP contribution in [0.2, 0.25) is 0 Å². The number of nitrogens with one attached hydrogen (secondary N) is 1. The highest BCUT2D eigenvalue weighted by Crippen LogP contribution is 2.28. The molecular weight excluding hydrogens is 246 g/mol. The summed E-state index contributed by atoms with van der Waals surface area (Å²) in [7, 11) is -2.99. The van der Waals surface area contributed by atoms with Gasteiger partial charge in [-0.1, -0.05) is 19.8 Å². The molecule has 0 aromatic heterocycles. The van der Waals surface area contributed by atoms with Crippen LogP contribution in [0.5, 0.6) is 0 Å². The standard InChI is InChI=1S/C14H29NO2S/c1-5-6-12-7-9-13(10-8-12)15-11-14(2,3)18(4,16)17/h12-13,15H,5-11H2,1-4H3. The minimum Gasteiger partial charge on any atom is -0.312 e. The summed E-state index contributed by atoms with van der Waals surface area (Å²) in [6.45, 7) is 6.42. The van der Waals surface area contributed by atoms with Crippen LogP contribution < -0.4 is 5.32 Å². The molecule has 0 atom stereocenters. The average Bonchev–Trinajstić information content (AvgIpc) is 2.27. The fraction of sp³-hybridized carbons (Fsp3) is 1.00. The van der Waals surface area contributed by atoms with Crippen LogP contribution in [-0.4, -0.2) is 32.0 Å². The molecular formula is C14H29NO2S. The van der Waals surface area contributed by atoms with Gasteiger partial charge in [0.25, 0.3) is 0 Å². The Morgan fingerprint density at radius 3 is 2.17 bits per heavy atom. The van der Waals surface area contributed by atoms with Gasteiger partial charge in [0, 0.05) is 18.8 Å². The van der Waals surface area contributed by atoms with Gasteiger partial charge in [0.15, 0.2) is 9.84 Å². The van der Waals surface area contributed by atoms with Gasteiger partial charge in [0.05, 0.1) is 4.75 Å². The second-order valence-corrected chi connectivity index (χ2v) is 9.07. The Balaban J connectivity index is 2.34. The van der Waals surface area contributed by atoms with Crippen LogP contribution in [0.3, 0.4) is 0 Å². The van der Waals surface area contributed by atoms with Crippen LogP contribution >= 0.6 is 0 Å². The monoisotopic (exact) mass is 275 g/mol. The summed E-state index contributed by atoms with van der Waals surface area (Å²) in [5.74, 6) is 0.899. The Bertz CT molecular complexity index is 341. The third kappa shape index (κ3) is 4.54. The van der Waals surface area contributed by atoms with E-state index in [0.717, 1.165) is 5.92 Å². The SMILES string of the molecule is CCCC1CCC(NCC(C)(C)S(C)(=O)=O)CC1. The maximum absolute atomic E-state index is 11.6. The molecule has 108 valence electrons. The molecule has 0 saturated heterocycles. The smallest absolute Gasteiger partial charge is 0.153 e. The van der Waals surface area contributed by atoms with Crippen molar-refractivity contribution in [3.63, 3.8) is 0 Å². The van der Waals surface area contributed by atoms with Crippen LogP contribution in [0.1, 0.15) is 59.3 Å². The summed E-state index contributed by atoms with van der Waals surface area (Å²) in [6.07, 6.45) is 8.95. The van der Waals surface area contributed by atoms with Gasteiger partial charge in [-0.05, 0) is 45.4 Å². The van der Waals surface area contributed by atoms with Crippen molar-refractivity contribution in [2.24, 2.45) is 5.92 Å². The van der Waals surface area contributed by atoms with Crippen molar-refractivity contribution in [1.82, 2.24) is 5.32 Å². The van der Waals surface area contributed by atoms with E-state index in [1.807, 2.05) is 0 Å². The molecule has 0 aromatic rings. The molecule has 1 fully saturated rings. The van der Waals surface area contributed by atoms with Crippen molar-refractivity contribution in [2.75, 3.05) is 12.8 Å². The first-order valence-corrected chi connectivity index (χ1v) is 9.08. The molecule has 1 N–H and O–H groups in total. The van der Waals surface area contributed by atoms with Gasteiger partial charge in [0.1, 0.15) is 0 Å². The third-order valence-electron chi connectivity index (χ3n) is 4.36. The van der Waals surface area contributed by atoms with Crippen molar-refractivity contribution < 1.29 is 8.42 Å².